The number of amides is 1. The Kier molecular flexibility index (Phi) is 9.29. The lowest BCUT2D eigenvalue weighted by molar-refractivity contribution is -0.122. The number of hydrogen-bond acceptors (Lipinski definition) is 6. The summed E-state index contributed by atoms with van der Waals surface area (Å²) in [4.78, 5) is 11.8. The van der Waals surface area contributed by atoms with Gasteiger partial charge >= 0.3 is 0 Å². The zero-order chi connectivity index (χ0) is 16.5. The molecule has 1 amide bonds. The molecule has 2 rings (SSSR count). The van der Waals surface area contributed by atoms with E-state index in [0.717, 1.165) is 6.54 Å². The van der Waals surface area contributed by atoms with Crippen LogP contribution in [-0.2, 0) is 9.53 Å². The predicted molar refractivity (Wildman–Crippen MR) is 92.5 cm³/mol. The van der Waals surface area contributed by atoms with Gasteiger partial charge in [-0.1, -0.05) is 0 Å². The third-order valence-corrected chi connectivity index (χ3v) is 3.45. The maximum Gasteiger partial charge on any atom is 0.221 e. The average Bonchev–Trinajstić information content (AvgIpc) is 2.59. The summed E-state index contributed by atoms with van der Waals surface area (Å²) < 4.78 is 21.3. The Hall–Kier alpha value is -1.70. The first kappa shape index (κ1) is 20.3. The molecular formula is C16H25ClN2O5. The molecule has 0 aliphatic carbocycles. The molecular weight excluding hydrogens is 336 g/mol. The Morgan fingerprint density at radius 3 is 2.50 bits per heavy atom. The van der Waals surface area contributed by atoms with Crippen LogP contribution in [0.5, 0.6) is 17.2 Å². The lowest BCUT2D eigenvalue weighted by Crippen LogP contribution is -2.44. The SMILES string of the molecule is COc1cc(OC)cc(OCCNC(=O)CC2COCCN2)c1.Cl. The molecule has 24 heavy (non-hydrogen) atoms. The third kappa shape index (κ3) is 6.82. The van der Waals surface area contributed by atoms with E-state index >= 15 is 0 Å². The second kappa shape index (κ2) is 11.0. The molecule has 7 nitrogen and oxygen atoms in total. The minimum Gasteiger partial charge on any atom is -0.496 e. The Balaban J connectivity index is 0.00000288. The van der Waals surface area contributed by atoms with Crippen molar-refractivity contribution in [3.8, 4) is 17.2 Å². The summed E-state index contributed by atoms with van der Waals surface area (Å²) in [7, 11) is 3.17. The standard InChI is InChI=1S/C16H24N2O5.ClH/c1-20-13-8-14(21-2)10-15(9-13)23-6-4-18-16(19)7-12-11-22-5-3-17-12;/h8-10,12,17H,3-7,11H2,1-2H3,(H,18,19);1H. The number of benzene rings is 1. The summed E-state index contributed by atoms with van der Waals surface area (Å²) >= 11 is 0. The van der Waals surface area contributed by atoms with E-state index in [-0.39, 0.29) is 24.4 Å². The van der Waals surface area contributed by atoms with Gasteiger partial charge in [-0.2, -0.15) is 0 Å². The van der Waals surface area contributed by atoms with Gasteiger partial charge < -0.3 is 29.6 Å². The van der Waals surface area contributed by atoms with Gasteiger partial charge in [0, 0.05) is 37.2 Å². The largest absolute Gasteiger partial charge is 0.496 e. The number of ether oxygens (including phenoxy) is 4. The Labute approximate surface area is 148 Å². The van der Waals surface area contributed by atoms with E-state index in [1.54, 1.807) is 32.4 Å². The zero-order valence-corrected chi connectivity index (χ0v) is 14.8. The molecule has 0 bridgehead atoms. The van der Waals surface area contributed by atoms with E-state index < -0.39 is 0 Å². The Morgan fingerprint density at radius 2 is 1.92 bits per heavy atom. The lowest BCUT2D eigenvalue weighted by Gasteiger charge is -2.23. The van der Waals surface area contributed by atoms with Crippen LogP contribution in [0, 0.1) is 0 Å². The molecule has 2 N–H and O–H groups in total. The summed E-state index contributed by atoms with van der Waals surface area (Å²) in [5.41, 5.74) is 0. The average molecular weight is 361 g/mol. The van der Waals surface area contributed by atoms with E-state index in [9.17, 15) is 4.79 Å². The number of carbonyl (C=O) groups excluding carboxylic acids is 1. The molecule has 0 aromatic heterocycles. The zero-order valence-electron chi connectivity index (χ0n) is 14.0. The van der Waals surface area contributed by atoms with E-state index in [1.807, 2.05) is 0 Å². The number of halogens is 1. The molecule has 1 aromatic carbocycles. The number of rotatable bonds is 8. The van der Waals surface area contributed by atoms with Crippen molar-refractivity contribution in [3.63, 3.8) is 0 Å². The molecule has 1 aliphatic heterocycles. The van der Waals surface area contributed by atoms with Gasteiger partial charge in [0.2, 0.25) is 5.91 Å². The summed E-state index contributed by atoms with van der Waals surface area (Å²) in [6.07, 6.45) is 0.410. The fourth-order valence-corrected chi connectivity index (χ4v) is 2.27. The molecule has 0 radical (unpaired) electrons. The number of methoxy groups -OCH3 is 2. The van der Waals surface area contributed by atoms with Crippen LogP contribution in [0.15, 0.2) is 18.2 Å². The van der Waals surface area contributed by atoms with Gasteiger partial charge in [-0.3, -0.25) is 4.79 Å². The van der Waals surface area contributed by atoms with E-state index in [2.05, 4.69) is 10.6 Å². The van der Waals surface area contributed by atoms with Gasteiger partial charge in [-0.25, -0.2) is 0 Å². The topological polar surface area (TPSA) is 78.0 Å². The normalized spacial score (nSPS) is 16.7. The second-order valence-corrected chi connectivity index (χ2v) is 5.18. The molecule has 1 saturated heterocycles. The quantitative estimate of drug-likeness (QED) is 0.673. The highest BCUT2D eigenvalue weighted by atomic mass is 35.5. The molecule has 1 heterocycles. The van der Waals surface area contributed by atoms with E-state index in [0.29, 0.717) is 50.0 Å². The summed E-state index contributed by atoms with van der Waals surface area (Å²) in [5.74, 6) is 1.94. The van der Waals surface area contributed by atoms with Gasteiger partial charge in [0.25, 0.3) is 0 Å². The van der Waals surface area contributed by atoms with Gasteiger partial charge in [0.05, 0.1) is 34.0 Å². The van der Waals surface area contributed by atoms with Crippen molar-refractivity contribution >= 4 is 18.3 Å². The van der Waals surface area contributed by atoms with Crippen molar-refractivity contribution in [1.82, 2.24) is 10.6 Å². The molecule has 1 fully saturated rings. The van der Waals surface area contributed by atoms with Gasteiger partial charge in [-0.05, 0) is 0 Å². The smallest absolute Gasteiger partial charge is 0.221 e. The minimum atomic E-state index is -0.0141. The Bertz CT molecular complexity index is 487. The molecule has 1 aliphatic rings. The lowest BCUT2D eigenvalue weighted by atomic mass is 10.2. The van der Waals surface area contributed by atoms with Gasteiger partial charge in [-0.15, -0.1) is 12.4 Å². The van der Waals surface area contributed by atoms with Crippen molar-refractivity contribution in [3.05, 3.63) is 18.2 Å². The molecule has 1 unspecified atom stereocenters. The van der Waals surface area contributed by atoms with Crippen LogP contribution in [0.3, 0.4) is 0 Å². The first-order chi connectivity index (χ1) is 11.2. The van der Waals surface area contributed by atoms with Crippen LogP contribution in [0.25, 0.3) is 0 Å². The summed E-state index contributed by atoms with van der Waals surface area (Å²) in [6.45, 7) is 2.88. The highest BCUT2D eigenvalue weighted by molar-refractivity contribution is 5.85. The minimum absolute atomic E-state index is 0. The van der Waals surface area contributed by atoms with Crippen LogP contribution in [-0.4, -0.2) is 59.1 Å². The molecule has 0 spiro atoms. The summed E-state index contributed by atoms with van der Waals surface area (Å²) in [6, 6.07) is 5.40. The highest BCUT2D eigenvalue weighted by Gasteiger charge is 2.16. The third-order valence-electron chi connectivity index (χ3n) is 3.45. The molecule has 1 aromatic rings. The molecule has 8 heteroatoms. The second-order valence-electron chi connectivity index (χ2n) is 5.18. The number of carbonyl (C=O) groups is 1. The maximum absolute atomic E-state index is 11.8. The van der Waals surface area contributed by atoms with Crippen molar-refractivity contribution in [2.24, 2.45) is 0 Å². The molecule has 1 atom stereocenters. The van der Waals surface area contributed by atoms with Gasteiger partial charge in [0.15, 0.2) is 0 Å². The fourth-order valence-electron chi connectivity index (χ4n) is 2.27. The first-order valence-electron chi connectivity index (χ1n) is 7.65. The number of hydrogen-bond donors (Lipinski definition) is 2. The first-order valence-corrected chi connectivity index (χ1v) is 7.65. The predicted octanol–water partition coefficient (Wildman–Crippen LogP) is 0.999. The summed E-state index contributed by atoms with van der Waals surface area (Å²) in [5, 5.41) is 6.08. The van der Waals surface area contributed by atoms with E-state index in [4.69, 9.17) is 18.9 Å². The van der Waals surface area contributed by atoms with E-state index in [1.165, 1.54) is 0 Å². The molecule has 136 valence electrons. The monoisotopic (exact) mass is 360 g/mol. The van der Waals surface area contributed by atoms with Crippen LogP contribution in [0.4, 0.5) is 0 Å². The van der Waals surface area contributed by atoms with Crippen LogP contribution < -0.4 is 24.8 Å². The van der Waals surface area contributed by atoms with Gasteiger partial charge in [0.1, 0.15) is 23.9 Å². The van der Waals surface area contributed by atoms with Crippen molar-refractivity contribution in [2.75, 3.05) is 47.1 Å². The van der Waals surface area contributed by atoms with Crippen molar-refractivity contribution in [1.29, 1.82) is 0 Å². The number of morpholine rings is 1. The van der Waals surface area contributed by atoms with Crippen LogP contribution in [0.1, 0.15) is 6.42 Å². The fraction of sp³-hybridized carbons (Fsp3) is 0.562. The van der Waals surface area contributed by atoms with Crippen molar-refractivity contribution in [2.45, 2.75) is 12.5 Å². The number of nitrogens with one attached hydrogen (secondary N) is 2. The Morgan fingerprint density at radius 1 is 1.25 bits per heavy atom. The van der Waals surface area contributed by atoms with Crippen LogP contribution in [0.2, 0.25) is 0 Å². The highest BCUT2D eigenvalue weighted by Crippen LogP contribution is 2.27. The van der Waals surface area contributed by atoms with Crippen LogP contribution >= 0.6 is 12.4 Å². The van der Waals surface area contributed by atoms with Crippen molar-refractivity contribution < 1.29 is 23.7 Å². The maximum atomic E-state index is 11.8. The molecule has 0 saturated carbocycles.